The molecule has 0 fully saturated rings. The summed E-state index contributed by atoms with van der Waals surface area (Å²) in [6.07, 6.45) is 0.749. The molecule has 3 rings (SSSR count). The number of rotatable bonds is 9. The van der Waals surface area contributed by atoms with E-state index in [0.29, 0.717) is 29.4 Å². The molecule has 0 radical (unpaired) electrons. The minimum Gasteiger partial charge on any atom is -0.493 e. The lowest BCUT2D eigenvalue weighted by Gasteiger charge is -2.13. The SMILES string of the molecule is COc1cc(/C=N/NC(=O)C(C)Oc2ccc(C#N)cc2)ccc1OCc1ccccc1. The normalized spacial score (nSPS) is 11.4. The lowest BCUT2D eigenvalue weighted by molar-refractivity contribution is -0.127. The van der Waals surface area contributed by atoms with Crippen LogP contribution < -0.4 is 19.6 Å². The van der Waals surface area contributed by atoms with Gasteiger partial charge in [-0.1, -0.05) is 30.3 Å². The molecule has 3 aromatic rings. The predicted octanol–water partition coefficient (Wildman–Crippen LogP) is 4.06. The van der Waals surface area contributed by atoms with Gasteiger partial charge in [0.05, 0.1) is 25.0 Å². The Labute approximate surface area is 186 Å². The third-order valence-corrected chi connectivity index (χ3v) is 4.48. The molecular formula is C25H23N3O4. The van der Waals surface area contributed by atoms with Gasteiger partial charge in [-0.15, -0.1) is 0 Å². The average molecular weight is 429 g/mol. The number of carbonyl (C=O) groups is 1. The Hall–Kier alpha value is -4.31. The van der Waals surface area contributed by atoms with Crippen molar-refractivity contribution in [1.82, 2.24) is 5.43 Å². The Morgan fingerprint density at radius 2 is 1.84 bits per heavy atom. The van der Waals surface area contributed by atoms with E-state index in [1.165, 1.54) is 6.21 Å². The van der Waals surface area contributed by atoms with Crippen molar-refractivity contribution in [3.63, 3.8) is 0 Å². The van der Waals surface area contributed by atoms with Crippen LogP contribution in [0.4, 0.5) is 0 Å². The molecule has 0 bridgehead atoms. The van der Waals surface area contributed by atoms with E-state index in [1.807, 2.05) is 42.5 Å². The molecule has 0 aliphatic heterocycles. The maximum Gasteiger partial charge on any atom is 0.280 e. The number of nitrogens with zero attached hydrogens (tertiary/aromatic N) is 2. The van der Waals surface area contributed by atoms with Crippen LogP contribution in [0.3, 0.4) is 0 Å². The molecule has 0 spiro atoms. The standard InChI is InChI=1S/C25H23N3O4/c1-18(32-22-11-8-19(15-26)9-12-22)25(29)28-27-16-21-10-13-23(24(14-21)30-2)31-17-20-6-4-3-5-7-20/h3-14,16,18H,17H2,1-2H3,(H,28,29)/b27-16+. The number of hydrogen-bond acceptors (Lipinski definition) is 6. The highest BCUT2D eigenvalue weighted by Crippen LogP contribution is 2.28. The van der Waals surface area contributed by atoms with Crippen LogP contribution in [0, 0.1) is 11.3 Å². The average Bonchev–Trinajstić information content (AvgIpc) is 2.84. The van der Waals surface area contributed by atoms with E-state index in [1.54, 1.807) is 50.4 Å². The van der Waals surface area contributed by atoms with Crippen molar-refractivity contribution in [3.05, 3.63) is 89.5 Å². The van der Waals surface area contributed by atoms with Crippen LogP contribution >= 0.6 is 0 Å². The van der Waals surface area contributed by atoms with Crippen LogP contribution in [-0.4, -0.2) is 25.3 Å². The van der Waals surface area contributed by atoms with E-state index < -0.39 is 12.0 Å². The summed E-state index contributed by atoms with van der Waals surface area (Å²) in [4.78, 5) is 12.2. The molecule has 0 aliphatic rings. The van der Waals surface area contributed by atoms with Gasteiger partial charge in [0.15, 0.2) is 17.6 Å². The van der Waals surface area contributed by atoms with Gasteiger partial charge in [0.1, 0.15) is 12.4 Å². The van der Waals surface area contributed by atoms with Gasteiger partial charge < -0.3 is 14.2 Å². The Bertz CT molecular complexity index is 1110. The maximum absolute atomic E-state index is 12.2. The zero-order valence-electron chi connectivity index (χ0n) is 17.8. The van der Waals surface area contributed by atoms with Gasteiger partial charge in [-0.25, -0.2) is 5.43 Å². The van der Waals surface area contributed by atoms with E-state index >= 15 is 0 Å². The zero-order valence-corrected chi connectivity index (χ0v) is 17.8. The fraction of sp³-hybridized carbons (Fsp3) is 0.160. The predicted molar refractivity (Wildman–Crippen MR) is 121 cm³/mol. The first kappa shape index (κ1) is 22.4. The molecular weight excluding hydrogens is 406 g/mol. The van der Waals surface area contributed by atoms with Gasteiger partial charge in [0.25, 0.3) is 5.91 Å². The number of nitrogens with one attached hydrogen (secondary N) is 1. The number of methoxy groups -OCH3 is 1. The summed E-state index contributed by atoms with van der Waals surface area (Å²) in [5.74, 6) is 1.27. The first-order valence-corrected chi connectivity index (χ1v) is 9.93. The van der Waals surface area contributed by atoms with Crippen molar-refractivity contribution in [2.45, 2.75) is 19.6 Å². The number of nitriles is 1. The number of hydrogen-bond donors (Lipinski definition) is 1. The van der Waals surface area contributed by atoms with Gasteiger partial charge >= 0.3 is 0 Å². The molecule has 1 unspecified atom stereocenters. The smallest absolute Gasteiger partial charge is 0.280 e. The van der Waals surface area contributed by atoms with Gasteiger partial charge in [-0.2, -0.15) is 10.4 Å². The fourth-order valence-electron chi connectivity index (χ4n) is 2.75. The summed E-state index contributed by atoms with van der Waals surface area (Å²) >= 11 is 0. The fourth-order valence-corrected chi connectivity index (χ4v) is 2.75. The first-order chi connectivity index (χ1) is 15.6. The number of hydrazone groups is 1. The van der Waals surface area contributed by atoms with Crippen LogP contribution in [-0.2, 0) is 11.4 Å². The molecule has 0 heterocycles. The van der Waals surface area contributed by atoms with E-state index in [9.17, 15) is 4.79 Å². The second-order valence-electron chi connectivity index (χ2n) is 6.82. The van der Waals surface area contributed by atoms with Gasteiger partial charge in [0.2, 0.25) is 0 Å². The van der Waals surface area contributed by atoms with Crippen LogP contribution in [0.2, 0.25) is 0 Å². The summed E-state index contributed by atoms with van der Waals surface area (Å²) in [5.41, 5.74) is 4.76. The third kappa shape index (κ3) is 6.34. The molecule has 0 saturated heterocycles. The Morgan fingerprint density at radius 1 is 1.09 bits per heavy atom. The monoisotopic (exact) mass is 429 g/mol. The van der Waals surface area contributed by atoms with Crippen LogP contribution in [0.1, 0.15) is 23.6 Å². The second kappa shape index (κ2) is 11.2. The van der Waals surface area contributed by atoms with E-state index in [-0.39, 0.29) is 0 Å². The molecule has 1 amide bonds. The molecule has 3 aromatic carbocycles. The van der Waals surface area contributed by atoms with E-state index in [4.69, 9.17) is 19.5 Å². The quantitative estimate of drug-likeness (QED) is 0.409. The van der Waals surface area contributed by atoms with Crippen molar-refractivity contribution in [1.29, 1.82) is 5.26 Å². The van der Waals surface area contributed by atoms with Crippen molar-refractivity contribution in [3.8, 4) is 23.3 Å². The van der Waals surface area contributed by atoms with Gasteiger partial charge in [0, 0.05) is 0 Å². The highest BCUT2D eigenvalue weighted by molar-refractivity contribution is 5.84. The van der Waals surface area contributed by atoms with E-state index in [2.05, 4.69) is 10.5 Å². The number of ether oxygens (including phenoxy) is 3. The molecule has 162 valence electrons. The molecule has 0 aromatic heterocycles. The minimum absolute atomic E-state index is 0.402. The summed E-state index contributed by atoms with van der Waals surface area (Å²) in [5, 5.41) is 12.8. The highest BCUT2D eigenvalue weighted by Gasteiger charge is 2.14. The van der Waals surface area contributed by atoms with Crippen molar-refractivity contribution in [2.24, 2.45) is 5.10 Å². The number of amides is 1. The molecule has 7 nitrogen and oxygen atoms in total. The highest BCUT2D eigenvalue weighted by atomic mass is 16.5. The summed E-state index contributed by atoms with van der Waals surface area (Å²) in [7, 11) is 1.57. The Balaban J connectivity index is 1.54. The van der Waals surface area contributed by atoms with Crippen LogP contribution in [0.5, 0.6) is 17.2 Å². The van der Waals surface area contributed by atoms with Crippen LogP contribution in [0.15, 0.2) is 77.9 Å². The maximum atomic E-state index is 12.2. The zero-order chi connectivity index (χ0) is 22.8. The summed E-state index contributed by atoms with van der Waals surface area (Å²) in [6, 6.07) is 23.8. The van der Waals surface area contributed by atoms with E-state index in [0.717, 1.165) is 11.1 Å². The number of benzene rings is 3. The molecule has 32 heavy (non-hydrogen) atoms. The molecule has 0 saturated carbocycles. The largest absolute Gasteiger partial charge is 0.493 e. The minimum atomic E-state index is -0.761. The summed E-state index contributed by atoms with van der Waals surface area (Å²) in [6.45, 7) is 2.04. The molecule has 0 aliphatic carbocycles. The Morgan fingerprint density at radius 3 is 2.53 bits per heavy atom. The van der Waals surface area contributed by atoms with Crippen molar-refractivity contribution < 1.29 is 19.0 Å². The summed E-state index contributed by atoms with van der Waals surface area (Å²) < 4.78 is 16.8. The van der Waals surface area contributed by atoms with Gasteiger partial charge in [-0.3, -0.25) is 4.79 Å². The number of carbonyl (C=O) groups excluding carboxylic acids is 1. The second-order valence-corrected chi connectivity index (χ2v) is 6.82. The van der Waals surface area contributed by atoms with Crippen molar-refractivity contribution in [2.75, 3.05) is 7.11 Å². The first-order valence-electron chi connectivity index (χ1n) is 9.93. The lowest BCUT2D eigenvalue weighted by atomic mass is 10.2. The topological polar surface area (TPSA) is 92.9 Å². The molecule has 1 atom stereocenters. The Kier molecular flexibility index (Phi) is 7.82. The van der Waals surface area contributed by atoms with Crippen molar-refractivity contribution >= 4 is 12.1 Å². The van der Waals surface area contributed by atoms with Crippen LogP contribution in [0.25, 0.3) is 0 Å². The third-order valence-electron chi connectivity index (χ3n) is 4.48. The van der Waals surface area contributed by atoms with Gasteiger partial charge in [-0.05, 0) is 60.5 Å². The molecule has 7 heteroatoms. The lowest BCUT2D eigenvalue weighted by Crippen LogP contribution is -2.33. The molecule has 1 N–H and O–H groups in total.